The molecule has 2 aromatic rings. The zero-order chi connectivity index (χ0) is 16.8. The number of amides is 2. The van der Waals surface area contributed by atoms with E-state index in [4.69, 9.17) is 4.74 Å². The van der Waals surface area contributed by atoms with Gasteiger partial charge in [-0.3, -0.25) is 5.32 Å². The molecule has 1 aromatic heterocycles. The molecule has 6 nitrogen and oxygen atoms in total. The van der Waals surface area contributed by atoms with Crippen LogP contribution in [0.25, 0.3) is 6.08 Å². The van der Waals surface area contributed by atoms with Gasteiger partial charge < -0.3 is 9.64 Å². The molecule has 1 aromatic carbocycles. The maximum Gasteiger partial charge on any atom is 0.323 e. The Morgan fingerprint density at radius 1 is 1.25 bits per heavy atom. The first-order valence-corrected chi connectivity index (χ1v) is 7.92. The molecule has 1 aliphatic rings. The number of benzene rings is 1. The van der Waals surface area contributed by atoms with Crippen LogP contribution >= 0.6 is 0 Å². The molecule has 1 fully saturated rings. The number of ether oxygens (including phenoxy) is 1. The zero-order valence-electron chi connectivity index (χ0n) is 13.6. The Hall–Kier alpha value is -2.89. The van der Waals surface area contributed by atoms with Crippen LogP contribution in [-0.2, 0) is 0 Å². The molecule has 0 spiro atoms. The minimum absolute atomic E-state index is 0.129. The number of rotatable bonds is 3. The number of nitrogens with one attached hydrogen (secondary N) is 1. The predicted molar refractivity (Wildman–Crippen MR) is 92.8 cm³/mol. The number of urea groups is 1. The normalized spacial score (nSPS) is 14.2. The number of hydrogen-bond donors (Lipinski definition) is 1. The van der Waals surface area contributed by atoms with Gasteiger partial charge in [0, 0.05) is 19.3 Å². The summed E-state index contributed by atoms with van der Waals surface area (Å²) in [6.45, 7) is 1.39. The molecule has 1 saturated heterocycles. The van der Waals surface area contributed by atoms with Crippen molar-refractivity contribution in [1.29, 1.82) is 0 Å². The van der Waals surface area contributed by atoms with Crippen molar-refractivity contribution in [2.75, 3.05) is 25.5 Å². The number of anilines is 1. The van der Waals surface area contributed by atoms with Crippen LogP contribution in [0.1, 0.15) is 18.4 Å². The third-order valence-electron chi connectivity index (χ3n) is 3.96. The van der Waals surface area contributed by atoms with Gasteiger partial charge in [0.05, 0.1) is 7.11 Å². The molecule has 0 aliphatic carbocycles. The maximum atomic E-state index is 12.2. The SMILES string of the molecule is COc1cccc(C=C2CCN(C(=O)Nc3cccnn3)CC2)c1. The molecular weight excluding hydrogens is 304 g/mol. The van der Waals surface area contributed by atoms with Gasteiger partial charge in [-0.05, 0) is 42.7 Å². The molecule has 2 amide bonds. The Morgan fingerprint density at radius 3 is 2.79 bits per heavy atom. The van der Waals surface area contributed by atoms with Crippen LogP contribution in [-0.4, -0.2) is 41.3 Å². The monoisotopic (exact) mass is 324 g/mol. The van der Waals surface area contributed by atoms with Crippen LogP contribution in [0.4, 0.5) is 10.6 Å². The lowest BCUT2D eigenvalue weighted by atomic mass is 10.0. The summed E-state index contributed by atoms with van der Waals surface area (Å²) in [5.74, 6) is 1.32. The molecule has 1 N–H and O–H groups in total. The number of methoxy groups -OCH3 is 1. The van der Waals surface area contributed by atoms with Gasteiger partial charge in [-0.15, -0.1) is 5.10 Å². The average molecular weight is 324 g/mol. The summed E-state index contributed by atoms with van der Waals surface area (Å²) in [7, 11) is 1.67. The number of carbonyl (C=O) groups excluding carboxylic acids is 1. The minimum Gasteiger partial charge on any atom is -0.497 e. The number of carbonyl (C=O) groups is 1. The first-order valence-electron chi connectivity index (χ1n) is 7.92. The van der Waals surface area contributed by atoms with E-state index in [1.807, 2.05) is 18.2 Å². The highest BCUT2D eigenvalue weighted by molar-refractivity contribution is 5.88. The van der Waals surface area contributed by atoms with Crippen LogP contribution in [0.5, 0.6) is 5.75 Å². The second-order valence-corrected chi connectivity index (χ2v) is 5.61. The van der Waals surface area contributed by atoms with E-state index < -0.39 is 0 Å². The largest absolute Gasteiger partial charge is 0.497 e. The molecule has 24 heavy (non-hydrogen) atoms. The summed E-state index contributed by atoms with van der Waals surface area (Å²) in [4.78, 5) is 14.0. The van der Waals surface area contributed by atoms with Gasteiger partial charge in [0.25, 0.3) is 0 Å². The molecule has 0 atom stereocenters. The van der Waals surface area contributed by atoms with Gasteiger partial charge in [-0.25, -0.2) is 4.79 Å². The molecule has 0 radical (unpaired) electrons. The third-order valence-corrected chi connectivity index (χ3v) is 3.96. The average Bonchev–Trinajstić information content (AvgIpc) is 2.63. The van der Waals surface area contributed by atoms with Gasteiger partial charge in [-0.1, -0.05) is 23.8 Å². The second kappa shape index (κ2) is 7.59. The predicted octanol–water partition coefficient (Wildman–Crippen LogP) is 3.20. The number of likely N-dealkylation sites (tertiary alicyclic amines) is 1. The highest BCUT2D eigenvalue weighted by Crippen LogP contribution is 2.22. The van der Waals surface area contributed by atoms with E-state index in [0.717, 1.165) is 24.2 Å². The molecule has 0 unspecified atom stereocenters. The summed E-state index contributed by atoms with van der Waals surface area (Å²) in [6, 6.07) is 11.3. The van der Waals surface area contributed by atoms with Crippen molar-refractivity contribution in [2.24, 2.45) is 0 Å². The topological polar surface area (TPSA) is 67.3 Å². The van der Waals surface area contributed by atoms with E-state index in [1.54, 1.807) is 30.3 Å². The first kappa shape index (κ1) is 16.0. The van der Waals surface area contributed by atoms with Crippen LogP contribution in [0.3, 0.4) is 0 Å². The maximum absolute atomic E-state index is 12.2. The molecule has 3 rings (SSSR count). The lowest BCUT2D eigenvalue weighted by Crippen LogP contribution is -2.39. The quantitative estimate of drug-likeness (QED) is 0.941. The molecule has 124 valence electrons. The number of hydrogen-bond acceptors (Lipinski definition) is 4. The summed E-state index contributed by atoms with van der Waals surface area (Å²) in [5, 5.41) is 10.4. The summed E-state index contributed by atoms with van der Waals surface area (Å²) >= 11 is 0. The first-order chi connectivity index (χ1) is 11.7. The van der Waals surface area contributed by atoms with Crippen molar-refractivity contribution >= 4 is 17.9 Å². The van der Waals surface area contributed by atoms with E-state index in [9.17, 15) is 4.79 Å². The fourth-order valence-electron chi connectivity index (χ4n) is 2.67. The van der Waals surface area contributed by atoms with E-state index in [0.29, 0.717) is 18.9 Å². The van der Waals surface area contributed by atoms with E-state index in [2.05, 4.69) is 27.7 Å². The highest BCUT2D eigenvalue weighted by Gasteiger charge is 2.19. The summed E-state index contributed by atoms with van der Waals surface area (Å²) in [5.41, 5.74) is 2.47. The van der Waals surface area contributed by atoms with Crippen molar-refractivity contribution < 1.29 is 9.53 Å². The fraction of sp³-hybridized carbons (Fsp3) is 0.278. The van der Waals surface area contributed by atoms with Crippen molar-refractivity contribution in [1.82, 2.24) is 15.1 Å². The summed E-state index contributed by atoms with van der Waals surface area (Å²) in [6.07, 6.45) is 5.49. The van der Waals surface area contributed by atoms with Crippen molar-refractivity contribution in [2.45, 2.75) is 12.8 Å². The molecule has 1 aliphatic heterocycles. The van der Waals surface area contributed by atoms with Crippen LogP contribution in [0.15, 0.2) is 48.2 Å². The Kier molecular flexibility index (Phi) is 5.05. The van der Waals surface area contributed by atoms with E-state index >= 15 is 0 Å². The molecule has 0 bridgehead atoms. The Labute approximate surface area is 141 Å². The van der Waals surface area contributed by atoms with Gasteiger partial charge in [-0.2, -0.15) is 5.10 Å². The Balaban J connectivity index is 1.57. The van der Waals surface area contributed by atoms with Crippen molar-refractivity contribution in [3.8, 4) is 5.75 Å². The third kappa shape index (κ3) is 4.10. The van der Waals surface area contributed by atoms with Crippen LogP contribution in [0.2, 0.25) is 0 Å². The van der Waals surface area contributed by atoms with Gasteiger partial charge >= 0.3 is 6.03 Å². The highest BCUT2D eigenvalue weighted by atomic mass is 16.5. The molecule has 2 heterocycles. The molecular formula is C18H20N4O2. The molecule has 0 saturated carbocycles. The lowest BCUT2D eigenvalue weighted by Gasteiger charge is -2.28. The lowest BCUT2D eigenvalue weighted by molar-refractivity contribution is 0.207. The standard InChI is InChI=1S/C18H20N4O2/c1-24-16-5-2-4-15(13-16)12-14-7-10-22(11-8-14)18(23)20-17-6-3-9-19-21-17/h2-6,9,12-13H,7-8,10-11H2,1H3,(H,20,21,23). The van der Waals surface area contributed by atoms with Crippen molar-refractivity contribution in [3.05, 3.63) is 53.7 Å². The Morgan fingerprint density at radius 2 is 2.08 bits per heavy atom. The molecule has 6 heteroatoms. The van der Waals surface area contributed by atoms with Crippen LogP contribution < -0.4 is 10.1 Å². The van der Waals surface area contributed by atoms with Crippen molar-refractivity contribution in [3.63, 3.8) is 0 Å². The smallest absolute Gasteiger partial charge is 0.323 e. The second-order valence-electron chi connectivity index (χ2n) is 5.61. The van der Waals surface area contributed by atoms with Crippen LogP contribution in [0, 0.1) is 0 Å². The van der Waals surface area contributed by atoms with E-state index in [1.165, 1.54) is 5.57 Å². The summed E-state index contributed by atoms with van der Waals surface area (Å²) < 4.78 is 5.25. The minimum atomic E-state index is -0.129. The number of nitrogens with zero attached hydrogens (tertiary/aromatic N) is 3. The van der Waals surface area contributed by atoms with Gasteiger partial charge in [0.15, 0.2) is 5.82 Å². The number of piperidine rings is 1. The van der Waals surface area contributed by atoms with Gasteiger partial charge in [0.1, 0.15) is 5.75 Å². The van der Waals surface area contributed by atoms with Gasteiger partial charge in [0.2, 0.25) is 0 Å². The zero-order valence-corrected chi connectivity index (χ0v) is 13.6. The Bertz CT molecular complexity index is 721. The fourth-order valence-corrected chi connectivity index (χ4v) is 2.67. The van der Waals surface area contributed by atoms with E-state index in [-0.39, 0.29) is 6.03 Å². The number of aromatic nitrogens is 2.